The summed E-state index contributed by atoms with van der Waals surface area (Å²) >= 11 is 6.90. The minimum Gasteiger partial charge on any atom is -0.495 e. The SMILES string of the molecule is CNc1c(C(=O)OC)cnc2c(Br)cc(Br)c(OC)c12. The molecule has 0 aliphatic carbocycles. The number of halogens is 2. The molecular formula is C13H12Br2N2O3. The van der Waals surface area contributed by atoms with E-state index in [-0.39, 0.29) is 0 Å². The molecule has 7 heteroatoms. The van der Waals surface area contributed by atoms with Gasteiger partial charge in [0.15, 0.2) is 0 Å². The molecule has 20 heavy (non-hydrogen) atoms. The summed E-state index contributed by atoms with van der Waals surface area (Å²) in [7, 11) is 4.63. The fraction of sp³-hybridized carbons (Fsp3) is 0.231. The molecule has 0 unspecified atom stereocenters. The number of rotatable bonds is 3. The van der Waals surface area contributed by atoms with Gasteiger partial charge in [0.1, 0.15) is 11.3 Å². The Morgan fingerprint density at radius 3 is 2.55 bits per heavy atom. The molecule has 0 fully saturated rings. The van der Waals surface area contributed by atoms with Crippen LogP contribution in [0.2, 0.25) is 0 Å². The molecule has 0 atom stereocenters. The van der Waals surface area contributed by atoms with Crippen LogP contribution in [0.25, 0.3) is 10.9 Å². The van der Waals surface area contributed by atoms with Gasteiger partial charge in [-0.3, -0.25) is 4.98 Å². The number of nitrogens with one attached hydrogen (secondary N) is 1. The Kier molecular flexibility index (Phi) is 4.49. The highest BCUT2D eigenvalue weighted by Crippen LogP contribution is 2.42. The Labute approximate surface area is 132 Å². The third kappa shape index (κ3) is 2.35. The van der Waals surface area contributed by atoms with Gasteiger partial charge in [-0.25, -0.2) is 4.79 Å². The summed E-state index contributed by atoms with van der Waals surface area (Å²) in [6.45, 7) is 0. The van der Waals surface area contributed by atoms with Gasteiger partial charge in [0.05, 0.1) is 35.3 Å². The van der Waals surface area contributed by atoms with E-state index in [9.17, 15) is 4.79 Å². The van der Waals surface area contributed by atoms with Crippen molar-refractivity contribution < 1.29 is 14.3 Å². The molecule has 0 amide bonds. The fourth-order valence-electron chi connectivity index (χ4n) is 2.00. The Balaban J connectivity index is 2.95. The van der Waals surface area contributed by atoms with Gasteiger partial charge in [-0.1, -0.05) is 0 Å². The van der Waals surface area contributed by atoms with Crippen LogP contribution in [0.1, 0.15) is 10.4 Å². The molecule has 0 saturated heterocycles. The van der Waals surface area contributed by atoms with E-state index < -0.39 is 5.97 Å². The summed E-state index contributed by atoms with van der Waals surface area (Å²) in [5.41, 5.74) is 1.66. The van der Waals surface area contributed by atoms with Crippen LogP contribution in [0.4, 0.5) is 5.69 Å². The van der Waals surface area contributed by atoms with Gasteiger partial charge < -0.3 is 14.8 Å². The normalized spacial score (nSPS) is 10.4. The summed E-state index contributed by atoms with van der Waals surface area (Å²) in [5, 5.41) is 3.73. The van der Waals surface area contributed by atoms with E-state index in [1.807, 2.05) is 6.07 Å². The molecule has 5 nitrogen and oxygen atoms in total. The first-order valence-electron chi connectivity index (χ1n) is 5.65. The number of aromatic nitrogens is 1. The number of nitrogens with zero attached hydrogens (tertiary/aromatic N) is 1. The van der Waals surface area contributed by atoms with Gasteiger partial charge in [-0.15, -0.1) is 0 Å². The highest BCUT2D eigenvalue weighted by atomic mass is 79.9. The number of anilines is 1. The fourth-order valence-corrected chi connectivity index (χ4v) is 3.43. The van der Waals surface area contributed by atoms with Crippen LogP contribution in [0.3, 0.4) is 0 Å². The summed E-state index contributed by atoms with van der Waals surface area (Å²) in [5.74, 6) is 0.146. The minimum atomic E-state index is -0.457. The number of benzene rings is 1. The van der Waals surface area contributed by atoms with Gasteiger partial charge in [-0.05, 0) is 37.9 Å². The highest BCUT2D eigenvalue weighted by Gasteiger charge is 2.21. The molecule has 0 saturated carbocycles. The molecule has 2 rings (SSSR count). The predicted molar refractivity (Wildman–Crippen MR) is 84.6 cm³/mol. The van der Waals surface area contributed by atoms with Crippen molar-refractivity contribution in [2.75, 3.05) is 26.6 Å². The van der Waals surface area contributed by atoms with E-state index in [1.54, 1.807) is 14.2 Å². The summed E-state index contributed by atoms with van der Waals surface area (Å²) < 4.78 is 11.8. The zero-order valence-corrected chi connectivity index (χ0v) is 14.3. The molecule has 2 aromatic rings. The van der Waals surface area contributed by atoms with Crippen LogP contribution in [0.5, 0.6) is 5.75 Å². The summed E-state index contributed by atoms with van der Waals surface area (Å²) in [6.07, 6.45) is 1.48. The zero-order chi connectivity index (χ0) is 14.9. The monoisotopic (exact) mass is 402 g/mol. The maximum Gasteiger partial charge on any atom is 0.341 e. The quantitative estimate of drug-likeness (QED) is 0.793. The first-order chi connectivity index (χ1) is 9.54. The number of methoxy groups -OCH3 is 2. The molecule has 0 aliphatic heterocycles. The number of carbonyl (C=O) groups is 1. The van der Waals surface area contributed by atoms with Crippen molar-refractivity contribution >= 4 is 54.4 Å². The molecule has 1 aromatic heterocycles. The van der Waals surface area contributed by atoms with E-state index >= 15 is 0 Å². The molecule has 1 aromatic carbocycles. The Bertz CT molecular complexity index is 689. The first kappa shape index (κ1) is 15.1. The average molecular weight is 404 g/mol. The van der Waals surface area contributed by atoms with Crippen molar-refractivity contribution in [3.63, 3.8) is 0 Å². The van der Waals surface area contributed by atoms with Gasteiger partial charge in [0.25, 0.3) is 0 Å². The predicted octanol–water partition coefficient (Wildman–Crippen LogP) is 3.60. The maximum atomic E-state index is 11.8. The van der Waals surface area contributed by atoms with Crippen LogP contribution >= 0.6 is 31.9 Å². The molecule has 0 radical (unpaired) electrons. The largest absolute Gasteiger partial charge is 0.495 e. The van der Waals surface area contributed by atoms with Crippen molar-refractivity contribution in [1.82, 2.24) is 4.98 Å². The molecule has 0 bridgehead atoms. The number of carbonyl (C=O) groups excluding carboxylic acids is 1. The van der Waals surface area contributed by atoms with Crippen molar-refractivity contribution in [2.45, 2.75) is 0 Å². The van der Waals surface area contributed by atoms with E-state index in [2.05, 4.69) is 42.2 Å². The lowest BCUT2D eigenvalue weighted by Crippen LogP contribution is -2.08. The summed E-state index contributed by atoms with van der Waals surface area (Å²) in [4.78, 5) is 16.2. The van der Waals surface area contributed by atoms with E-state index in [1.165, 1.54) is 13.3 Å². The number of fused-ring (bicyclic) bond motifs is 1. The number of hydrogen-bond acceptors (Lipinski definition) is 5. The smallest absolute Gasteiger partial charge is 0.341 e. The Hall–Kier alpha value is -1.34. The molecule has 0 spiro atoms. The summed E-state index contributed by atoms with van der Waals surface area (Å²) in [6, 6.07) is 1.85. The molecule has 1 heterocycles. The maximum absolute atomic E-state index is 11.8. The third-order valence-corrected chi connectivity index (χ3v) is 4.06. The minimum absolute atomic E-state index is 0.353. The molecule has 1 N–H and O–H groups in total. The zero-order valence-electron chi connectivity index (χ0n) is 11.1. The first-order valence-corrected chi connectivity index (χ1v) is 7.24. The molecular weight excluding hydrogens is 392 g/mol. The van der Waals surface area contributed by atoms with E-state index in [4.69, 9.17) is 9.47 Å². The van der Waals surface area contributed by atoms with Crippen LogP contribution in [-0.2, 0) is 4.74 Å². The van der Waals surface area contributed by atoms with Crippen LogP contribution in [0, 0.1) is 0 Å². The van der Waals surface area contributed by atoms with Crippen molar-refractivity contribution in [2.24, 2.45) is 0 Å². The Morgan fingerprint density at radius 1 is 1.30 bits per heavy atom. The molecule has 0 aliphatic rings. The molecule has 106 valence electrons. The van der Waals surface area contributed by atoms with Crippen LogP contribution < -0.4 is 10.1 Å². The number of ether oxygens (including phenoxy) is 2. The third-order valence-electron chi connectivity index (χ3n) is 2.86. The van der Waals surface area contributed by atoms with E-state index in [0.717, 1.165) is 8.95 Å². The topological polar surface area (TPSA) is 60.5 Å². The second-order valence-electron chi connectivity index (χ2n) is 3.89. The van der Waals surface area contributed by atoms with Crippen molar-refractivity contribution in [3.05, 3.63) is 26.8 Å². The standard InChI is InChI=1S/C13H12Br2N2O3/c1-16-10-6(13(18)20-3)5-17-11-7(14)4-8(15)12(19-2)9(10)11/h4-5H,1-3H3,(H,16,17). The number of pyridine rings is 1. The van der Waals surface area contributed by atoms with Gasteiger partial charge in [-0.2, -0.15) is 0 Å². The van der Waals surface area contributed by atoms with Gasteiger partial charge in [0, 0.05) is 17.7 Å². The van der Waals surface area contributed by atoms with Crippen molar-refractivity contribution in [1.29, 1.82) is 0 Å². The number of hydrogen-bond donors (Lipinski definition) is 1. The lowest BCUT2D eigenvalue weighted by Gasteiger charge is -2.15. The van der Waals surface area contributed by atoms with Crippen molar-refractivity contribution in [3.8, 4) is 5.75 Å². The number of esters is 1. The van der Waals surface area contributed by atoms with Crippen LogP contribution in [0.15, 0.2) is 21.2 Å². The second kappa shape index (κ2) is 5.97. The average Bonchev–Trinajstić information content (AvgIpc) is 2.45. The van der Waals surface area contributed by atoms with Gasteiger partial charge in [0.2, 0.25) is 0 Å². The van der Waals surface area contributed by atoms with E-state index in [0.29, 0.717) is 27.9 Å². The van der Waals surface area contributed by atoms with Crippen LogP contribution in [-0.4, -0.2) is 32.2 Å². The Morgan fingerprint density at radius 2 is 2.00 bits per heavy atom. The second-order valence-corrected chi connectivity index (χ2v) is 5.59. The highest BCUT2D eigenvalue weighted by molar-refractivity contribution is 9.11. The lowest BCUT2D eigenvalue weighted by molar-refractivity contribution is 0.0601. The van der Waals surface area contributed by atoms with Gasteiger partial charge >= 0.3 is 5.97 Å². The lowest BCUT2D eigenvalue weighted by atomic mass is 10.1.